The predicted molar refractivity (Wildman–Crippen MR) is 86.5 cm³/mol. The van der Waals surface area contributed by atoms with Crippen LogP contribution < -0.4 is 5.73 Å². The van der Waals surface area contributed by atoms with Gasteiger partial charge in [0.15, 0.2) is 0 Å². The van der Waals surface area contributed by atoms with Gasteiger partial charge in [0.1, 0.15) is 15.8 Å². The van der Waals surface area contributed by atoms with Crippen LogP contribution in [-0.4, -0.2) is 4.98 Å². The van der Waals surface area contributed by atoms with Gasteiger partial charge in [-0.25, -0.2) is 4.98 Å². The second-order valence-corrected chi connectivity index (χ2v) is 6.92. The lowest BCUT2D eigenvalue weighted by molar-refractivity contribution is 0.616. The molecule has 0 fully saturated rings. The van der Waals surface area contributed by atoms with Crippen molar-refractivity contribution in [2.45, 2.75) is 44.4 Å². The third-order valence-corrected chi connectivity index (χ3v) is 5.73. The molecule has 0 bridgehead atoms. The highest BCUT2D eigenvalue weighted by molar-refractivity contribution is 7.19. The van der Waals surface area contributed by atoms with Crippen LogP contribution in [-0.2, 0) is 12.8 Å². The van der Waals surface area contributed by atoms with Gasteiger partial charge < -0.3 is 5.73 Å². The molecule has 0 saturated carbocycles. The number of aryl methyl sites for hydroxylation is 1. The summed E-state index contributed by atoms with van der Waals surface area (Å²) in [5.41, 5.74) is 11.0. The van der Waals surface area contributed by atoms with Gasteiger partial charge in [0.25, 0.3) is 0 Å². The molecule has 2 heterocycles. The van der Waals surface area contributed by atoms with Crippen molar-refractivity contribution >= 4 is 27.2 Å². The molecule has 2 aromatic heterocycles. The number of aromatic nitrogens is 1. The van der Waals surface area contributed by atoms with Crippen molar-refractivity contribution in [3.8, 4) is 6.07 Å². The minimum Gasteiger partial charge on any atom is -0.396 e. The van der Waals surface area contributed by atoms with Crippen molar-refractivity contribution in [3.63, 3.8) is 0 Å². The number of nitrogen functional groups attached to an aromatic ring is 1. The minimum atomic E-state index is 0.538. The second kappa shape index (κ2) is 4.85. The summed E-state index contributed by atoms with van der Waals surface area (Å²) in [6, 6.07) is 2.23. The zero-order valence-electron chi connectivity index (χ0n) is 11.9. The van der Waals surface area contributed by atoms with Crippen LogP contribution in [0.3, 0.4) is 0 Å². The summed E-state index contributed by atoms with van der Waals surface area (Å²) in [4.78, 5) is 6.40. The van der Waals surface area contributed by atoms with E-state index < -0.39 is 0 Å². The van der Waals surface area contributed by atoms with E-state index in [-0.39, 0.29) is 0 Å². The quantitative estimate of drug-likeness (QED) is 0.807. The standard InChI is InChI=1S/C17H17N3S/c18-9-13-16(19)15-14(10-5-2-1-3-6-10)11-7-4-8-12(11)20-17(15)21-13/h1-2,10H,3-8,19H2/t10-/m0/s1. The number of thiophene rings is 1. The Bertz CT molecular complexity index is 795. The molecule has 0 amide bonds. The number of fused-ring (bicyclic) bond motifs is 2. The highest BCUT2D eigenvalue weighted by Crippen LogP contribution is 2.44. The molecule has 0 spiro atoms. The van der Waals surface area contributed by atoms with E-state index in [1.54, 1.807) is 0 Å². The average molecular weight is 295 g/mol. The summed E-state index contributed by atoms with van der Waals surface area (Å²) >= 11 is 1.45. The molecule has 1 atom stereocenters. The number of rotatable bonds is 1. The highest BCUT2D eigenvalue weighted by Gasteiger charge is 2.28. The fraction of sp³-hybridized carbons (Fsp3) is 0.412. The summed E-state index contributed by atoms with van der Waals surface area (Å²) in [5.74, 6) is 0.538. The van der Waals surface area contributed by atoms with Gasteiger partial charge in [-0.2, -0.15) is 5.26 Å². The molecule has 0 radical (unpaired) electrons. The molecular weight excluding hydrogens is 278 g/mol. The van der Waals surface area contributed by atoms with Gasteiger partial charge in [0.2, 0.25) is 0 Å². The first-order chi connectivity index (χ1) is 10.3. The first-order valence-corrected chi connectivity index (χ1v) is 8.40. The van der Waals surface area contributed by atoms with Crippen LogP contribution in [0.2, 0.25) is 0 Å². The fourth-order valence-electron chi connectivity index (χ4n) is 3.77. The zero-order chi connectivity index (χ0) is 14.4. The molecular formula is C17H17N3S. The van der Waals surface area contributed by atoms with Crippen LogP contribution in [0.1, 0.15) is 53.3 Å². The maximum absolute atomic E-state index is 9.27. The molecule has 106 valence electrons. The van der Waals surface area contributed by atoms with Crippen molar-refractivity contribution < 1.29 is 0 Å². The third kappa shape index (κ3) is 1.88. The Morgan fingerprint density at radius 1 is 1.33 bits per heavy atom. The molecule has 2 aromatic rings. The van der Waals surface area contributed by atoms with Gasteiger partial charge >= 0.3 is 0 Å². The van der Waals surface area contributed by atoms with E-state index in [1.807, 2.05) is 0 Å². The first-order valence-electron chi connectivity index (χ1n) is 7.58. The van der Waals surface area contributed by atoms with E-state index in [1.165, 1.54) is 41.0 Å². The van der Waals surface area contributed by atoms with Crippen molar-refractivity contribution in [1.82, 2.24) is 4.98 Å². The SMILES string of the molecule is N#Cc1sc2nc3c(c([C@H]4CC=CCC4)c2c1N)CCC3. The molecule has 0 aromatic carbocycles. The molecule has 2 aliphatic carbocycles. The normalized spacial score (nSPS) is 20.6. The predicted octanol–water partition coefficient (Wildman–Crippen LogP) is 4.06. The second-order valence-electron chi connectivity index (χ2n) is 5.92. The largest absolute Gasteiger partial charge is 0.396 e. The van der Waals surface area contributed by atoms with Crippen LogP contribution in [0, 0.1) is 11.3 Å². The van der Waals surface area contributed by atoms with Gasteiger partial charge in [0, 0.05) is 11.1 Å². The molecule has 4 rings (SSSR count). The van der Waals surface area contributed by atoms with Gasteiger partial charge in [-0.15, -0.1) is 11.3 Å². The molecule has 4 heteroatoms. The Labute approximate surface area is 128 Å². The Balaban J connectivity index is 2.03. The van der Waals surface area contributed by atoms with Crippen molar-refractivity contribution in [1.29, 1.82) is 5.26 Å². The van der Waals surface area contributed by atoms with Crippen LogP contribution in [0.4, 0.5) is 5.69 Å². The summed E-state index contributed by atoms with van der Waals surface area (Å²) in [5, 5.41) is 10.4. The highest BCUT2D eigenvalue weighted by atomic mass is 32.1. The maximum Gasteiger partial charge on any atom is 0.130 e. The number of nitrogens with zero attached hydrogens (tertiary/aromatic N) is 2. The number of anilines is 1. The van der Waals surface area contributed by atoms with Crippen molar-refractivity contribution in [2.75, 3.05) is 5.73 Å². The van der Waals surface area contributed by atoms with Crippen LogP contribution in [0.5, 0.6) is 0 Å². The topological polar surface area (TPSA) is 62.7 Å². The zero-order valence-corrected chi connectivity index (χ0v) is 12.7. The molecule has 0 aliphatic heterocycles. The molecule has 0 saturated heterocycles. The van der Waals surface area contributed by atoms with Gasteiger partial charge in [-0.05, 0) is 55.6 Å². The van der Waals surface area contributed by atoms with Gasteiger partial charge in [-0.1, -0.05) is 12.2 Å². The van der Waals surface area contributed by atoms with E-state index in [9.17, 15) is 5.26 Å². The maximum atomic E-state index is 9.27. The van der Waals surface area contributed by atoms with E-state index in [0.29, 0.717) is 16.5 Å². The Kier molecular flexibility index (Phi) is 2.97. The van der Waals surface area contributed by atoms with Crippen molar-refractivity contribution in [2.24, 2.45) is 0 Å². The number of hydrogen-bond donors (Lipinski definition) is 1. The lowest BCUT2D eigenvalue weighted by atomic mass is 9.83. The summed E-state index contributed by atoms with van der Waals surface area (Å²) < 4.78 is 0. The van der Waals surface area contributed by atoms with Crippen LogP contribution in [0.15, 0.2) is 12.2 Å². The van der Waals surface area contributed by atoms with Crippen molar-refractivity contribution in [3.05, 3.63) is 33.9 Å². The number of nitriles is 1. The van der Waals surface area contributed by atoms with E-state index in [0.717, 1.165) is 35.9 Å². The van der Waals surface area contributed by atoms with Crippen LogP contribution >= 0.6 is 11.3 Å². The number of allylic oxidation sites excluding steroid dienone is 2. The monoisotopic (exact) mass is 295 g/mol. The van der Waals surface area contributed by atoms with Gasteiger partial charge in [-0.3, -0.25) is 0 Å². The Morgan fingerprint density at radius 3 is 3.00 bits per heavy atom. The fourth-order valence-corrected chi connectivity index (χ4v) is 4.70. The van der Waals surface area contributed by atoms with E-state index >= 15 is 0 Å². The number of hydrogen-bond acceptors (Lipinski definition) is 4. The Morgan fingerprint density at radius 2 is 2.24 bits per heavy atom. The smallest absolute Gasteiger partial charge is 0.130 e. The lowest BCUT2D eigenvalue weighted by Crippen LogP contribution is -2.07. The minimum absolute atomic E-state index is 0.538. The molecule has 0 unspecified atom stereocenters. The molecule has 21 heavy (non-hydrogen) atoms. The first kappa shape index (κ1) is 12.8. The van der Waals surface area contributed by atoms with Gasteiger partial charge in [0.05, 0.1) is 5.69 Å². The molecule has 3 nitrogen and oxygen atoms in total. The van der Waals surface area contributed by atoms with E-state index in [4.69, 9.17) is 10.7 Å². The molecule has 2 N–H and O–H groups in total. The summed E-state index contributed by atoms with van der Waals surface area (Å²) in [6.45, 7) is 0. The number of pyridine rings is 1. The summed E-state index contributed by atoms with van der Waals surface area (Å²) in [7, 11) is 0. The lowest BCUT2D eigenvalue weighted by Gasteiger charge is -2.22. The third-order valence-electron chi connectivity index (χ3n) is 4.73. The van der Waals surface area contributed by atoms with Crippen LogP contribution in [0.25, 0.3) is 10.2 Å². The molecule has 2 aliphatic rings. The average Bonchev–Trinajstić information content (AvgIpc) is 3.10. The Hall–Kier alpha value is -1.86. The van der Waals surface area contributed by atoms with E-state index in [2.05, 4.69) is 18.2 Å². The summed E-state index contributed by atoms with van der Waals surface area (Å²) in [6.07, 6.45) is 11.3. The number of nitrogens with two attached hydrogens (primary N) is 1.